The summed E-state index contributed by atoms with van der Waals surface area (Å²) in [7, 11) is 0. The highest BCUT2D eigenvalue weighted by atomic mass is 79.9. The summed E-state index contributed by atoms with van der Waals surface area (Å²) in [6.07, 6.45) is -4.81. The van der Waals surface area contributed by atoms with Crippen molar-refractivity contribution in [3.63, 3.8) is 0 Å². The molecule has 0 spiro atoms. The van der Waals surface area contributed by atoms with E-state index in [9.17, 15) is 18.0 Å². The summed E-state index contributed by atoms with van der Waals surface area (Å²) in [6, 6.07) is 16.2. The van der Waals surface area contributed by atoms with Crippen LogP contribution in [0.5, 0.6) is 0 Å². The third-order valence-corrected chi connectivity index (χ3v) is 6.24. The van der Waals surface area contributed by atoms with E-state index in [0.29, 0.717) is 33.5 Å². The van der Waals surface area contributed by atoms with Gasteiger partial charge in [-0.05, 0) is 47.5 Å². The topological polar surface area (TPSA) is 99.0 Å². The number of fused-ring (bicyclic) bond motifs is 1. The smallest absolute Gasteiger partial charge is 0.380 e. The number of nitrogens with two attached hydrogens (primary N) is 1. The van der Waals surface area contributed by atoms with Crippen LogP contribution in [0.25, 0.3) is 27.8 Å². The van der Waals surface area contributed by atoms with E-state index in [4.69, 9.17) is 10.3 Å². The molecule has 12 heteroatoms. The van der Waals surface area contributed by atoms with Crippen LogP contribution >= 0.6 is 15.9 Å². The molecule has 0 fully saturated rings. The largest absolute Gasteiger partial charge is 0.435 e. The fourth-order valence-electron chi connectivity index (χ4n) is 3.86. The molecule has 5 aromatic rings. The Morgan fingerprint density at radius 2 is 1.84 bits per heavy atom. The predicted molar refractivity (Wildman–Crippen MR) is 133 cm³/mol. The highest BCUT2D eigenvalue weighted by Crippen LogP contribution is 2.32. The standard InChI is InChI=1S/C25H16BrF4N5O2/c26-12-13-3-1-2-4-16(13)17-7-5-14(9-19(17)27)32-24(36)20-11-22(25(28,29)30)33-35(20)15-6-8-21-18(10-15)23(31)34-37-21/h1-11H,12H2,(H2,31,34)(H,32,36). The molecule has 0 aliphatic heterocycles. The number of anilines is 2. The number of hydrogen-bond acceptors (Lipinski definition) is 5. The molecule has 0 aliphatic rings. The number of rotatable bonds is 5. The first-order chi connectivity index (χ1) is 17.7. The minimum Gasteiger partial charge on any atom is -0.380 e. The number of alkyl halides is 4. The third-order valence-electron chi connectivity index (χ3n) is 5.64. The van der Waals surface area contributed by atoms with Gasteiger partial charge in [-0.3, -0.25) is 4.79 Å². The lowest BCUT2D eigenvalue weighted by molar-refractivity contribution is -0.141. The lowest BCUT2D eigenvalue weighted by Crippen LogP contribution is -2.17. The molecular weight excluding hydrogens is 558 g/mol. The molecule has 37 heavy (non-hydrogen) atoms. The van der Waals surface area contributed by atoms with Crippen LogP contribution in [0, 0.1) is 5.82 Å². The Morgan fingerprint density at radius 3 is 2.57 bits per heavy atom. The van der Waals surface area contributed by atoms with E-state index in [0.717, 1.165) is 16.3 Å². The number of carbonyl (C=O) groups excluding carboxylic acids is 1. The van der Waals surface area contributed by atoms with Gasteiger partial charge in [0.2, 0.25) is 0 Å². The number of hydrogen-bond donors (Lipinski definition) is 2. The Labute approximate surface area is 215 Å². The summed E-state index contributed by atoms with van der Waals surface area (Å²) in [5.74, 6) is -1.50. The average molecular weight is 574 g/mol. The molecule has 0 unspecified atom stereocenters. The highest BCUT2D eigenvalue weighted by Gasteiger charge is 2.36. The van der Waals surface area contributed by atoms with Crippen LogP contribution in [0.15, 0.2) is 71.3 Å². The van der Waals surface area contributed by atoms with E-state index >= 15 is 4.39 Å². The zero-order valence-electron chi connectivity index (χ0n) is 18.7. The summed E-state index contributed by atoms with van der Waals surface area (Å²) in [6.45, 7) is 0. The zero-order chi connectivity index (χ0) is 26.3. The minimum absolute atomic E-state index is 0.0306. The number of nitrogens with one attached hydrogen (secondary N) is 1. The molecule has 0 radical (unpaired) electrons. The zero-order valence-corrected chi connectivity index (χ0v) is 20.3. The van der Waals surface area contributed by atoms with Crippen LogP contribution < -0.4 is 11.1 Å². The van der Waals surface area contributed by atoms with Gasteiger partial charge in [0.1, 0.15) is 11.5 Å². The second kappa shape index (κ2) is 9.36. The lowest BCUT2D eigenvalue weighted by atomic mass is 10.00. The van der Waals surface area contributed by atoms with Crippen molar-refractivity contribution >= 4 is 44.3 Å². The second-order valence-corrected chi connectivity index (χ2v) is 8.57. The summed E-state index contributed by atoms with van der Waals surface area (Å²) >= 11 is 3.38. The molecule has 3 aromatic carbocycles. The molecule has 2 heterocycles. The van der Waals surface area contributed by atoms with Crippen LogP contribution in [0.2, 0.25) is 0 Å². The quantitative estimate of drug-likeness (QED) is 0.183. The third kappa shape index (κ3) is 4.67. The Kier molecular flexibility index (Phi) is 6.20. The maximum atomic E-state index is 15.0. The molecule has 0 aliphatic carbocycles. The van der Waals surface area contributed by atoms with Crippen molar-refractivity contribution in [2.24, 2.45) is 0 Å². The molecule has 0 atom stereocenters. The Morgan fingerprint density at radius 1 is 1.05 bits per heavy atom. The maximum Gasteiger partial charge on any atom is 0.435 e. The molecule has 3 N–H and O–H groups in total. The monoisotopic (exact) mass is 573 g/mol. The molecule has 7 nitrogen and oxygen atoms in total. The van der Waals surface area contributed by atoms with Crippen LogP contribution in [-0.4, -0.2) is 20.8 Å². The van der Waals surface area contributed by atoms with E-state index in [1.54, 1.807) is 12.1 Å². The number of nitrogen functional groups attached to an aromatic ring is 1. The van der Waals surface area contributed by atoms with Gasteiger partial charge >= 0.3 is 6.18 Å². The van der Waals surface area contributed by atoms with Gasteiger partial charge in [-0.25, -0.2) is 9.07 Å². The van der Waals surface area contributed by atoms with Crippen molar-refractivity contribution in [1.82, 2.24) is 14.9 Å². The Bertz CT molecular complexity index is 1640. The Hall–Kier alpha value is -4.19. The predicted octanol–water partition coefficient (Wildman–Crippen LogP) is 6.57. The van der Waals surface area contributed by atoms with Gasteiger partial charge in [0.05, 0.1) is 11.1 Å². The van der Waals surface area contributed by atoms with Crippen LogP contribution in [0.1, 0.15) is 21.7 Å². The van der Waals surface area contributed by atoms with E-state index in [2.05, 4.69) is 31.5 Å². The van der Waals surface area contributed by atoms with Crippen molar-refractivity contribution in [3.8, 4) is 16.8 Å². The molecule has 0 saturated heterocycles. The SMILES string of the molecule is Nc1noc2ccc(-n3nc(C(F)(F)F)cc3C(=O)Nc3ccc(-c4ccccc4CBr)c(F)c3)cc12. The molecule has 188 valence electrons. The second-order valence-electron chi connectivity index (χ2n) is 8.01. The number of halogens is 5. The lowest BCUT2D eigenvalue weighted by Gasteiger charge is -2.12. The summed E-state index contributed by atoms with van der Waals surface area (Å²) in [5.41, 5.74) is 6.41. The average Bonchev–Trinajstić information content (AvgIpc) is 3.48. The van der Waals surface area contributed by atoms with Crippen LogP contribution in [0.3, 0.4) is 0 Å². The first-order valence-corrected chi connectivity index (χ1v) is 11.9. The summed E-state index contributed by atoms with van der Waals surface area (Å²) < 4.78 is 61.3. The minimum atomic E-state index is -4.81. The molecule has 0 bridgehead atoms. The summed E-state index contributed by atoms with van der Waals surface area (Å²) in [5, 5.41) is 10.5. The van der Waals surface area contributed by atoms with E-state index in [1.165, 1.54) is 30.3 Å². The van der Waals surface area contributed by atoms with Crippen LogP contribution in [0.4, 0.5) is 29.1 Å². The molecule has 0 saturated carbocycles. The van der Waals surface area contributed by atoms with Gasteiger partial charge in [0.15, 0.2) is 17.1 Å². The first-order valence-electron chi connectivity index (χ1n) is 10.7. The summed E-state index contributed by atoms with van der Waals surface area (Å²) in [4.78, 5) is 13.1. The highest BCUT2D eigenvalue weighted by molar-refractivity contribution is 9.08. The van der Waals surface area contributed by atoms with Gasteiger partial charge in [0.25, 0.3) is 5.91 Å². The van der Waals surface area contributed by atoms with Gasteiger partial charge in [0, 0.05) is 22.6 Å². The first kappa shape index (κ1) is 24.5. The van der Waals surface area contributed by atoms with Crippen molar-refractivity contribution in [2.45, 2.75) is 11.5 Å². The molecular formula is C25H16BrF4N5O2. The van der Waals surface area contributed by atoms with Crippen molar-refractivity contribution in [2.75, 3.05) is 11.1 Å². The van der Waals surface area contributed by atoms with E-state index < -0.39 is 29.3 Å². The van der Waals surface area contributed by atoms with Gasteiger partial charge in [-0.1, -0.05) is 45.4 Å². The normalized spacial score (nSPS) is 11.7. The number of benzene rings is 3. The van der Waals surface area contributed by atoms with E-state index in [1.807, 2.05) is 12.1 Å². The number of nitrogens with zero attached hydrogens (tertiary/aromatic N) is 3. The number of aromatic nitrogens is 3. The fraction of sp³-hybridized carbons (Fsp3) is 0.0800. The number of carbonyl (C=O) groups is 1. The molecule has 2 aromatic heterocycles. The van der Waals surface area contributed by atoms with Crippen molar-refractivity contribution < 1.29 is 26.9 Å². The number of amides is 1. The van der Waals surface area contributed by atoms with Crippen LogP contribution in [-0.2, 0) is 11.5 Å². The van der Waals surface area contributed by atoms with Gasteiger partial charge in [-0.15, -0.1) is 0 Å². The van der Waals surface area contributed by atoms with Gasteiger partial charge < -0.3 is 15.6 Å². The van der Waals surface area contributed by atoms with Crippen molar-refractivity contribution in [3.05, 3.63) is 89.5 Å². The maximum absolute atomic E-state index is 15.0. The molecule has 5 rings (SSSR count). The van der Waals surface area contributed by atoms with Gasteiger partial charge in [-0.2, -0.15) is 18.3 Å². The molecule has 1 amide bonds. The fourth-order valence-corrected chi connectivity index (χ4v) is 4.35. The van der Waals surface area contributed by atoms with Crippen molar-refractivity contribution in [1.29, 1.82) is 0 Å². The Balaban J connectivity index is 1.50. The van der Waals surface area contributed by atoms with E-state index in [-0.39, 0.29) is 17.2 Å².